The highest BCUT2D eigenvalue weighted by atomic mass is 35.5. The van der Waals surface area contributed by atoms with Crippen molar-refractivity contribution in [2.75, 3.05) is 5.32 Å². The number of hydrogen-bond acceptors (Lipinski definition) is 4. The Morgan fingerprint density at radius 1 is 1.31 bits per heavy atom. The summed E-state index contributed by atoms with van der Waals surface area (Å²) < 4.78 is 5.09. The summed E-state index contributed by atoms with van der Waals surface area (Å²) >= 11 is 6.33. The number of nitrogens with zero attached hydrogens (tertiary/aromatic N) is 2. The van der Waals surface area contributed by atoms with Gasteiger partial charge in [0.05, 0.1) is 16.8 Å². The van der Waals surface area contributed by atoms with Gasteiger partial charge in [-0.3, -0.25) is 4.79 Å². The molecule has 0 atom stereocenters. The second-order valence-electron chi connectivity index (χ2n) is 5.56. The van der Waals surface area contributed by atoms with E-state index in [-0.39, 0.29) is 11.7 Å². The van der Waals surface area contributed by atoms with Crippen molar-refractivity contribution in [1.29, 1.82) is 0 Å². The average Bonchev–Trinajstić information content (AvgIpc) is 3.32. The maximum atomic E-state index is 12.1. The Balaban J connectivity index is 1.70. The van der Waals surface area contributed by atoms with Crippen LogP contribution in [0, 0.1) is 0 Å². The lowest BCUT2D eigenvalue weighted by Crippen LogP contribution is -2.10. The van der Waals surface area contributed by atoms with Crippen molar-refractivity contribution in [3.8, 4) is 11.4 Å². The second-order valence-corrected chi connectivity index (χ2v) is 5.96. The highest BCUT2D eigenvalue weighted by Crippen LogP contribution is 2.30. The van der Waals surface area contributed by atoms with Gasteiger partial charge in [-0.2, -0.15) is 0 Å². The highest BCUT2D eigenvalue weighted by molar-refractivity contribution is 6.33. The number of aromatic nitrogens is 3. The molecule has 6 nitrogen and oxygen atoms in total. The van der Waals surface area contributed by atoms with E-state index in [9.17, 15) is 4.79 Å². The molecule has 1 aromatic carbocycles. The molecule has 0 aliphatic heterocycles. The monoisotopic (exact) mass is 364 g/mol. The number of nitrogens with one attached hydrogen (secondary N) is 2. The molecule has 3 heterocycles. The predicted molar refractivity (Wildman–Crippen MR) is 101 cm³/mol. The molecule has 26 heavy (non-hydrogen) atoms. The fraction of sp³-hybridized carbons (Fsp3) is 0. The molecule has 0 fully saturated rings. The van der Waals surface area contributed by atoms with Crippen LogP contribution in [0.4, 0.5) is 5.69 Å². The fourth-order valence-electron chi connectivity index (χ4n) is 2.54. The van der Waals surface area contributed by atoms with Gasteiger partial charge in [0.1, 0.15) is 5.82 Å². The molecule has 0 aliphatic rings. The maximum Gasteiger partial charge on any atom is 0.291 e. The number of carbonyl (C=O) groups excluding carboxylic acids is 1. The minimum atomic E-state index is -0.342. The van der Waals surface area contributed by atoms with Gasteiger partial charge >= 0.3 is 0 Å². The van der Waals surface area contributed by atoms with Crippen molar-refractivity contribution in [1.82, 2.24) is 15.0 Å². The van der Waals surface area contributed by atoms with E-state index in [0.717, 1.165) is 11.1 Å². The van der Waals surface area contributed by atoms with Crippen LogP contribution in [0.25, 0.3) is 28.6 Å². The topological polar surface area (TPSA) is 83.8 Å². The molecular formula is C19H13ClN4O2. The molecule has 0 spiro atoms. The van der Waals surface area contributed by atoms with E-state index in [1.807, 2.05) is 6.07 Å². The van der Waals surface area contributed by atoms with E-state index in [4.69, 9.17) is 16.0 Å². The van der Waals surface area contributed by atoms with Gasteiger partial charge in [0.25, 0.3) is 5.91 Å². The number of imidazole rings is 1. The third kappa shape index (κ3) is 2.98. The minimum Gasteiger partial charge on any atom is -0.459 e. The number of anilines is 1. The van der Waals surface area contributed by atoms with Crippen molar-refractivity contribution < 1.29 is 9.21 Å². The lowest BCUT2D eigenvalue weighted by Gasteiger charge is -2.07. The predicted octanol–water partition coefficient (Wildman–Crippen LogP) is 4.77. The van der Waals surface area contributed by atoms with Gasteiger partial charge in [-0.15, -0.1) is 0 Å². The summed E-state index contributed by atoms with van der Waals surface area (Å²) in [5, 5.41) is 3.28. The summed E-state index contributed by atoms with van der Waals surface area (Å²) in [5.41, 5.74) is 3.47. The Labute approximate surface area is 153 Å². The maximum absolute atomic E-state index is 12.1. The normalized spacial score (nSPS) is 10.8. The largest absolute Gasteiger partial charge is 0.459 e. The van der Waals surface area contributed by atoms with E-state index in [1.165, 1.54) is 6.26 Å². The molecule has 4 aromatic rings. The smallest absolute Gasteiger partial charge is 0.291 e. The van der Waals surface area contributed by atoms with Crippen LogP contribution in [-0.4, -0.2) is 20.9 Å². The van der Waals surface area contributed by atoms with Crippen LogP contribution in [0.15, 0.2) is 59.9 Å². The highest BCUT2D eigenvalue weighted by Gasteiger charge is 2.13. The van der Waals surface area contributed by atoms with E-state index in [1.54, 1.807) is 42.6 Å². The number of amides is 1. The van der Waals surface area contributed by atoms with Crippen LogP contribution in [0.2, 0.25) is 5.02 Å². The van der Waals surface area contributed by atoms with Gasteiger partial charge in [0.15, 0.2) is 11.4 Å². The second kappa shape index (κ2) is 6.50. The molecule has 0 saturated heterocycles. The first-order valence-electron chi connectivity index (χ1n) is 7.77. The molecule has 2 N–H and O–H groups in total. The first kappa shape index (κ1) is 16.1. The Hall–Kier alpha value is -3.38. The summed E-state index contributed by atoms with van der Waals surface area (Å²) in [6.45, 7) is 3.73. The Kier molecular flexibility index (Phi) is 4.02. The Bertz CT molecular complexity index is 1120. The first-order chi connectivity index (χ1) is 12.6. The summed E-state index contributed by atoms with van der Waals surface area (Å²) in [7, 11) is 0. The molecule has 7 heteroatoms. The summed E-state index contributed by atoms with van der Waals surface area (Å²) in [6.07, 6.45) is 4.85. The van der Waals surface area contributed by atoms with Crippen LogP contribution in [0.5, 0.6) is 0 Å². The molecule has 3 aromatic heterocycles. The Morgan fingerprint density at radius 3 is 2.96 bits per heavy atom. The standard InChI is InChI=1S/C19H13ClN4O2/c1-2-11-8-15-18(21-10-11)24-17(23-15)13-9-12(5-6-14(13)20)22-19(25)16-4-3-7-26-16/h2-10H,1H2,(H,22,25)(H,21,23,24). The zero-order valence-corrected chi connectivity index (χ0v) is 14.2. The van der Waals surface area contributed by atoms with Crippen molar-refractivity contribution in [3.63, 3.8) is 0 Å². The van der Waals surface area contributed by atoms with Gasteiger partial charge in [-0.05, 0) is 42.0 Å². The number of rotatable bonds is 4. The van der Waals surface area contributed by atoms with Gasteiger partial charge in [0, 0.05) is 17.4 Å². The number of fused-ring (bicyclic) bond motifs is 1. The quantitative estimate of drug-likeness (QED) is 0.546. The van der Waals surface area contributed by atoms with Gasteiger partial charge in [-0.25, -0.2) is 9.97 Å². The van der Waals surface area contributed by atoms with Crippen molar-refractivity contribution in [2.24, 2.45) is 0 Å². The molecular weight excluding hydrogens is 352 g/mol. The summed E-state index contributed by atoms with van der Waals surface area (Å²) in [5.74, 6) is 0.448. The van der Waals surface area contributed by atoms with Crippen LogP contribution >= 0.6 is 11.6 Å². The van der Waals surface area contributed by atoms with Crippen molar-refractivity contribution >= 4 is 40.4 Å². The molecule has 0 saturated carbocycles. The van der Waals surface area contributed by atoms with Gasteiger partial charge < -0.3 is 14.7 Å². The molecule has 0 bridgehead atoms. The minimum absolute atomic E-state index is 0.228. The zero-order chi connectivity index (χ0) is 18.1. The Morgan fingerprint density at radius 2 is 2.19 bits per heavy atom. The number of hydrogen-bond donors (Lipinski definition) is 2. The SMILES string of the molecule is C=Cc1cnc2nc(-c3cc(NC(=O)c4ccco4)ccc3Cl)[nH]c2c1. The lowest BCUT2D eigenvalue weighted by atomic mass is 10.2. The van der Waals surface area contributed by atoms with Crippen LogP contribution in [0.1, 0.15) is 16.1 Å². The molecule has 1 amide bonds. The number of halogens is 1. The third-order valence-corrected chi connectivity index (χ3v) is 4.15. The fourth-order valence-corrected chi connectivity index (χ4v) is 2.75. The van der Waals surface area contributed by atoms with Gasteiger partial charge in [0.2, 0.25) is 0 Å². The molecule has 4 rings (SSSR count). The molecule has 128 valence electrons. The third-order valence-electron chi connectivity index (χ3n) is 3.82. The molecule has 0 radical (unpaired) electrons. The van der Waals surface area contributed by atoms with Crippen LogP contribution < -0.4 is 5.32 Å². The van der Waals surface area contributed by atoms with Crippen molar-refractivity contribution in [3.05, 3.63) is 71.8 Å². The van der Waals surface area contributed by atoms with Crippen LogP contribution in [-0.2, 0) is 0 Å². The number of furan rings is 1. The zero-order valence-electron chi connectivity index (χ0n) is 13.5. The van der Waals surface area contributed by atoms with Crippen LogP contribution in [0.3, 0.4) is 0 Å². The van der Waals surface area contributed by atoms with Crippen molar-refractivity contribution in [2.45, 2.75) is 0 Å². The van der Waals surface area contributed by atoms with Gasteiger partial charge in [-0.1, -0.05) is 24.3 Å². The van der Waals surface area contributed by atoms with E-state index >= 15 is 0 Å². The number of H-pyrrole nitrogens is 1. The number of carbonyl (C=O) groups is 1. The number of pyridine rings is 1. The van der Waals surface area contributed by atoms with E-state index in [0.29, 0.717) is 27.7 Å². The molecule has 0 aliphatic carbocycles. The van der Waals surface area contributed by atoms with E-state index in [2.05, 4.69) is 26.8 Å². The number of benzene rings is 1. The molecule has 0 unspecified atom stereocenters. The average molecular weight is 365 g/mol. The number of aromatic amines is 1. The van der Waals surface area contributed by atoms with E-state index < -0.39 is 0 Å². The summed E-state index contributed by atoms with van der Waals surface area (Å²) in [6, 6.07) is 10.3. The lowest BCUT2D eigenvalue weighted by molar-refractivity contribution is 0.0996. The first-order valence-corrected chi connectivity index (χ1v) is 8.15. The summed E-state index contributed by atoms with van der Waals surface area (Å²) in [4.78, 5) is 24.1.